The van der Waals surface area contributed by atoms with Crippen LogP contribution in [0.1, 0.15) is 35.9 Å². The Morgan fingerprint density at radius 2 is 1.94 bits per heavy atom. The van der Waals surface area contributed by atoms with Crippen molar-refractivity contribution in [1.82, 2.24) is 9.21 Å². The molecule has 3 aromatic rings. The first-order valence-electron chi connectivity index (χ1n) is 11.5. The van der Waals surface area contributed by atoms with Crippen LogP contribution in [0.2, 0.25) is 0 Å². The molecule has 2 heterocycles. The van der Waals surface area contributed by atoms with Crippen molar-refractivity contribution in [1.29, 1.82) is 0 Å². The lowest BCUT2D eigenvalue weighted by Gasteiger charge is -2.37. The Kier molecular flexibility index (Phi) is 7.59. The number of hydrogen-bond donors (Lipinski definition) is 0. The highest BCUT2D eigenvalue weighted by Gasteiger charge is 2.36. The molecule has 0 radical (unpaired) electrons. The standard InChI is InChI=1S/C26H29FN2O4S2/c1-18(2)29(35(31,32)22-9-7-19(3)8-10-22)16-26(30)28-13-11-25-23(12-14-34-25)24(28)17-33-21-6-4-5-20(27)15-21/h4-10,12,14-15,18,24H,11,13,16-17H2,1-3H3. The van der Waals surface area contributed by atoms with Crippen molar-refractivity contribution in [3.8, 4) is 5.75 Å². The Labute approximate surface area is 210 Å². The van der Waals surface area contributed by atoms with Crippen LogP contribution in [0.25, 0.3) is 0 Å². The largest absolute Gasteiger partial charge is 0.491 e. The van der Waals surface area contributed by atoms with Crippen molar-refractivity contribution in [3.05, 3.63) is 81.8 Å². The topological polar surface area (TPSA) is 66.9 Å². The maximum absolute atomic E-state index is 13.6. The lowest BCUT2D eigenvalue weighted by atomic mass is 10.0. The number of rotatable bonds is 8. The van der Waals surface area contributed by atoms with Gasteiger partial charge in [0.15, 0.2) is 0 Å². The van der Waals surface area contributed by atoms with E-state index in [0.717, 1.165) is 11.1 Å². The second-order valence-corrected chi connectivity index (χ2v) is 11.8. The van der Waals surface area contributed by atoms with Crippen molar-refractivity contribution < 1.29 is 22.3 Å². The van der Waals surface area contributed by atoms with E-state index in [0.29, 0.717) is 18.7 Å². The van der Waals surface area contributed by atoms with Crippen molar-refractivity contribution in [2.75, 3.05) is 19.7 Å². The minimum atomic E-state index is -3.86. The quantitative estimate of drug-likeness (QED) is 0.431. The number of carbonyl (C=O) groups is 1. The highest BCUT2D eigenvalue weighted by atomic mass is 32.2. The van der Waals surface area contributed by atoms with E-state index in [9.17, 15) is 17.6 Å². The number of aryl methyl sites for hydroxylation is 1. The lowest BCUT2D eigenvalue weighted by molar-refractivity contribution is -0.135. The summed E-state index contributed by atoms with van der Waals surface area (Å²) in [7, 11) is -3.86. The van der Waals surface area contributed by atoms with Gasteiger partial charge in [-0.1, -0.05) is 23.8 Å². The second-order valence-electron chi connectivity index (χ2n) is 8.88. The Morgan fingerprint density at radius 1 is 1.20 bits per heavy atom. The van der Waals surface area contributed by atoms with Gasteiger partial charge in [-0.2, -0.15) is 4.31 Å². The molecular weight excluding hydrogens is 487 g/mol. The van der Waals surface area contributed by atoms with E-state index < -0.39 is 27.9 Å². The van der Waals surface area contributed by atoms with Crippen LogP contribution in [0.15, 0.2) is 64.9 Å². The summed E-state index contributed by atoms with van der Waals surface area (Å²) in [5.74, 6) is -0.311. The van der Waals surface area contributed by atoms with E-state index in [1.165, 1.54) is 21.3 Å². The van der Waals surface area contributed by atoms with Crippen LogP contribution < -0.4 is 4.74 Å². The van der Waals surface area contributed by atoms with Gasteiger partial charge in [0.25, 0.3) is 0 Å². The molecule has 0 bridgehead atoms. The number of carbonyl (C=O) groups excluding carboxylic acids is 1. The highest BCUT2D eigenvalue weighted by Crippen LogP contribution is 2.34. The summed E-state index contributed by atoms with van der Waals surface area (Å²) >= 11 is 1.63. The molecule has 1 aliphatic rings. The number of ether oxygens (including phenoxy) is 1. The maximum Gasteiger partial charge on any atom is 0.243 e. The zero-order valence-electron chi connectivity index (χ0n) is 20.0. The van der Waals surface area contributed by atoms with Crippen LogP contribution in [0.4, 0.5) is 4.39 Å². The Balaban J connectivity index is 1.57. The molecule has 35 heavy (non-hydrogen) atoms. The molecule has 0 fully saturated rings. The summed E-state index contributed by atoms with van der Waals surface area (Å²) in [4.78, 5) is 16.6. The zero-order chi connectivity index (χ0) is 25.2. The van der Waals surface area contributed by atoms with Crippen LogP contribution in [0.5, 0.6) is 5.75 Å². The van der Waals surface area contributed by atoms with Gasteiger partial charge < -0.3 is 9.64 Å². The van der Waals surface area contributed by atoms with Gasteiger partial charge in [0, 0.05) is 23.5 Å². The smallest absolute Gasteiger partial charge is 0.243 e. The van der Waals surface area contributed by atoms with E-state index in [4.69, 9.17) is 4.74 Å². The molecular formula is C26H29FN2O4S2. The predicted octanol–water partition coefficient (Wildman–Crippen LogP) is 4.80. The van der Waals surface area contributed by atoms with Crippen LogP contribution in [-0.2, 0) is 21.2 Å². The number of halogens is 1. The summed E-state index contributed by atoms with van der Waals surface area (Å²) < 4.78 is 47.5. The van der Waals surface area contributed by atoms with E-state index in [-0.39, 0.29) is 24.0 Å². The fraction of sp³-hybridized carbons (Fsp3) is 0.346. The molecule has 0 spiro atoms. The molecule has 0 aliphatic carbocycles. The van der Waals surface area contributed by atoms with Gasteiger partial charge in [-0.05, 0) is 68.5 Å². The molecule has 1 unspecified atom stereocenters. The van der Waals surface area contributed by atoms with Crippen molar-refractivity contribution in [2.24, 2.45) is 0 Å². The summed E-state index contributed by atoms with van der Waals surface area (Å²) in [5.41, 5.74) is 1.95. The molecule has 0 saturated carbocycles. The zero-order valence-corrected chi connectivity index (χ0v) is 21.6. The first-order chi connectivity index (χ1) is 16.7. The average Bonchev–Trinajstić information content (AvgIpc) is 3.30. The first kappa shape index (κ1) is 25.3. The molecule has 1 atom stereocenters. The monoisotopic (exact) mass is 516 g/mol. The predicted molar refractivity (Wildman–Crippen MR) is 135 cm³/mol. The highest BCUT2D eigenvalue weighted by molar-refractivity contribution is 7.89. The summed E-state index contributed by atoms with van der Waals surface area (Å²) in [6, 6.07) is 13.7. The van der Waals surface area contributed by atoms with Crippen molar-refractivity contribution in [3.63, 3.8) is 0 Å². The van der Waals surface area contributed by atoms with Gasteiger partial charge in [-0.25, -0.2) is 12.8 Å². The number of benzene rings is 2. The molecule has 4 rings (SSSR count). The third-order valence-corrected chi connectivity index (χ3v) is 9.15. The molecule has 1 amide bonds. The van der Waals surface area contributed by atoms with Crippen LogP contribution in [0, 0.1) is 12.7 Å². The molecule has 0 N–H and O–H groups in total. The minimum Gasteiger partial charge on any atom is -0.491 e. The van der Waals surface area contributed by atoms with Crippen molar-refractivity contribution >= 4 is 27.3 Å². The van der Waals surface area contributed by atoms with E-state index in [1.807, 2.05) is 18.4 Å². The fourth-order valence-electron chi connectivity index (χ4n) is 4.22. The third-order valence-electron chi connectivity index (χ3n) is 6.11. The summed E-state index contributed by atoms with van der Waals surface area (Å²) in [6.45, 7) is 5.74. The summed E-state index contributed by atoms with van der Waals surface area (Å²) in [6.07, 6.45) is 0.696. The number of sulfonamides is 1. The van der Waals surface area contributed by atoms with E-state index in [1.54, 1.807) is 66.5 Å². The molecule has 1 aliphatic heterocycles. The SMILES string of the molecule is Cc1ccc(S(=O)(=O)N(CC(=O)N2CCc3sccc3C2COc2cccc(F)c2)C(C)C)cc1. The first-order valence-corrected chi connectivity index (χ1v) is 13.8. The van der Waals surface area contributed by atoms with Gasteiger partial charge in [-0.15, -0.1) is 11.3 Å². The molecule has 6 nitrogen and oxygen atoms in total. The fourth-order valence-corrected chi connectivity index (χ4v) is 6.74. The third kappa shape index (κ3) is 5.58. The Hall–Kier alpha value is -2.75. The molecule has 9 heteroatoms. The van der Waals surface area contributed by atoms with Gasteiger partial charge in [0.05, 0.1) is 17.5 Å². The Bertz CT molecular complexity index is 1290. The van der Waals surface area contributed by atoms with Crippen molar-refractivity contribution in [2.45, 2.75) is 44.2 Å². The average molecular weight is 517 g/mol. The number of hydrogen-bond acceptors (Lipinski definition) is 5. The summed E-state index contributed by atoms with van der Waals surface area (Å²) in [5, 5.41) is 1.98. The lowest BCUT2D eigenvalue weighted by Crippen LogP contribution is -2.49. The van der Waals surface area contributed by atoms with Gasteiger partial charge in [-0.3, -0.25) is 4.79 Å². The number of thiophene rings is 1. The van der Waals surface area contributed by atoms with E-state index in [2.05, 4.69) is 0 Å². The van der Waals surface area contributed by atoms with Gasteiger partial charge in [0.2, 0.25) is 15.9 Å². The van der Waals surface area contributed by atoms with Gasteiger partial charge >= 0.3 is 0 Å². The Morgan fingerprint density at radius 3 is 2.63 bits per heavy atom. The second kappa shape index (κ2) is 10.5. The van der Waals surface area contributed by atoms with E-state index >= 15 is 0 Å². The number of amides is 1. The van der Waals surface area contributed by atoms with Crippen LogP contribution in [0.3, 0.4) is 0 Å². The number of nitrogens with zero attached hydrogens (tertiary/aromatic N) is 2. The normalized spacial score (nSPS) is 15.9. The minimum absolute atomic E-state index is 0.144. The molecule has 2 aromatic carbocycles. The molecule has 186 valence electrons. The maximum atomic E-state index is 13.6. The molecule has 0 saturated heterocycles. The van der Waals surface area contributed by atoms with Crippen LogP contribution >= 0.6 is 11.3 Å². The van der Waals surface area contributed by atoms with Crippen LogP contribution in [-0.4, -0.2) is 49.3 Å². The molecule has 1 aromatic heterocycles. The number of fused-ring (bicyclic) bond motifs is 1. The van der Waals surface area contributed by atoms with Gasteiger partial charge in [0.1, 0.15) is 18.2 Å².